The largest absolute Gasteiger partial charge is 0.496 e. The number of hydrogen-bond donors (Lipinski definition) is 2. The molecule has 0 bridgehead atoms. The van der Waals surface area contributed by atoms with E-state index in [1.165, 1.54) is 0 Å². The monoisotopic (exact) mass is 326 g/mol. The van der Waals surface area contributed by atoms with Gasteiger partial charge in [-0.05, 0) is 60.4 Å². The normalized spacial score (nSPS) is 22.9. The molecule has 0 aliphatic carbocycles. The van der Waals surface area contributed by atoms with Gasteiger partial charge in [0.1, 0.15) is 5.75 Å². The second-order valence-corrected chi connectivity index (χ2v) is 6.00. The van der Waals surface area contributed by atoms with Gasteiger partial charge >= 0.3 is 0 Å². The van der Waals surface area contributed by atoms with Crippen molar-refractivity contribution in [1.82, 2.24) is 5.32 Å². The van der Waals surface area contributed by atoms with Gasteiger partial charge in [-0.2, -0.15) is 0 Å². The molecule has 19 heavy (non-hydrogen) atoms. The molecule has 2 N–H and O–H groups in total. The zero-order chi connectivity index (χ0) is 13.9. The van der Waals surface area contributed by atoms with Crippen molar-refractivity contribution in [3.05, 3.63) is 22.7 Å². The number of nitrogens with one attached hydrogen (secondary N) is 2. The molecule has 1 aromatic rings. The van der Waals surface area contributed by atoms with Crippen LogP contribution < -0.4 is 15.4 Å². The lowest BCUT2D eigenvalue weighted by Gasteiger charge is -2.32. The van der Waals surface area contributed by atoms with Crippen LogP contribution in [0.5, 0.6) is 5.75 Å². The highest BCUT2D eigenvalue weighted by atomic mass is 79.9. The molecule has 5 heteroatoms. The Bertz CT molecular complexity index is 471. The van der Waals surface area contributed by atoms with Crippen LogP contribution in [0.2, 0.25) is 0 Å². The van der Waals surface area contributed by atoms with E-state index in [0.29, 0.717) is 0 Å². The van der Waals surface area contributed by atoms with E-state index < -0.39 is 0 Å². The summed E-state index contributed by atoms with van der Waals surface area (Å²) in [7, 11) is 1.62. The second-order valence-electron chi connectivity index (χ2n) is 5.14. The number of carbonyl (C=O) groups is 1. The van der Waals surface area contributed by atoms with Crippen molar-refractivity contribution in [3.8, 4) is 5.75 Å². The summed E-state index contributed by atoms with van der Waals surface area (Å²) in [5, 5.41) is 6.26. The van der Waals surface area contributed by atoms with Gasteiger partial charge in [0.25, 0.3) is 0 Å². The topological polar surface area (TPSA) is 50.4 Å². The molecule has 1 saturated heterocycles. The summed E-state index contributed by atoms with van der Waals surface area (Å²) in [5.74, 6) is 0.820. The van der Waals surface area contributed by atoms with Crippen LogP contribution in [0, 0.1) is 5.41 Å². The minimum Gasteiger partial charge on any atom is -0.496 e. The van der Waals surface area contributed by atoms with E-state index in [9.17, 15) is 4.79 Å². The van der Waals surface area contributed by atoms with Crippen LogP contribution in [0.15, 0.2) is 22.7 Å². The van der Waals surface area contributed by atoms with Gasteiger partial charge in [-0.3, -0.25) is 4.79 Å². The fourth-order valence-electron chi connectivity index (χ4n) is 2.28. The van der Waals surface area contributed by atoms with Crippen molar-refractivity contribution < 1.29 is 9.53 Å². The quantitative estimate of drug-likeness (QED) is 0.898. The molecule has 4 nitrogen and oxygen atoms in total. The van der Waals surface area contributed by atoms with Crippen LogP contribution >= 0.6 is 15.9 Å². The van der Waals surface area contributed by atoms with Gasteiger partial charge < -0.3 is 15.4 Å². The number of anilines is 1. The van der Waals surface area contributed by atoms with Gasteiger partial charge in [-0.1, -0.05) is 0 Å². The highest BCUT2D eigenvalue weighted by molar-refractivity contribution is 9.10. The molecule has 1 amide bonds. The maximum Gasteiger partial charge on any atom is 0.231 e. The van der Waals surface area contributed by atoms with Crippen LogP contribution in [-0.2, 0) is 4.79 Å². The predicted molar refractivity (Wildman–Crippen MR) is 79.5 cm³/mol. The minimum absolute atomic E-state index is 0.0665. The van der Waals surface area contributed by atoms with Gasteiger partial charge in [-0.25, -0.2) is 0 Å². The van der Waals surface area contributed by atoms with E-state index in [1.807, 2.05) is 25.1 Å². The molecule has 0 radical (unpaired) electrons. The fraction of sp³-hybridized carbons (Fsp3) is 0.500. The van der Waals surface area contributed by atoms with Crippen LogP contribution in [0.1, 0.15) is 19.8 Å². The zero-order valence-electron chi connectivity index (χ0n) is 11.3. The number of hydrogen-bond acceptors (Lipinski definition) is 3. The van der Waals surface area contributed by atoms with Gasteiger partial charge in [0.05, 0.1) is 17.0 Å². The Balaban J connectivity index is 2.08. The van der Waals surface area contributed by atoms with Crippen molar-refractivity contribution in [1.29, 1.82) is 0 Å². The summed E-state index contributed by atoms with van der Waals surface area (Å²) in [6, 6.07) is 5.54. The SMILES string of the molecule is COc1ccc(NC(=O)C2(C)CCCNC2)cc1Br. The summed E-state index contributed by atoms with van der Waals surface area (Å²) in [4.78, 5) is 12.4. The van der Waals surface area contributed by atoms with Crippen molar-refractivity contribution in [2.75, 3.05) is 25.5 Å². The standard InChI is InChI=1S/C14H19BrN2O2/c1-14(6-3-7-16-9-14)13(18)17-10-4-5-12(19-2)11(15)8-10/h4-5,8,16H,3,6-7,9H2,1-2H3,(H,17,18). The second kappa shape index (κ2) is 5.92. The third kappa shape index (κ3) is 3.28. The number of piperidine rings is 1. The number of rotatable bonds is 3. The Morgan fingerprint density at radius 3 is 2.89 bits per heavy atom. The van der Waals surface area contributed by atoms with E-state index in [2.05, 4.69) is 26.6 Å². The lowest BCUT2D eigenvalue weighted by atomic mass is 9.82. The van der Waals surface area contributed by atoms with Crippen LogP contribution in [0.4, 0.5) is 5.69 Å². The molecule has 1 aliphatic heterocycles. The number of amides is 1. The number of benzene rings is 1. The Morgan fingerprint density at radius 2 is 2.32 bits per heavy atom. The average Bonchev–Trinajstić information content (AvgIpc) is 2.40. The molecule has 104 valence electrons. The summed E-state index contributed by atoms with van der Waals surface area (Å²) < 4.78 is 6.00. The van der Waals surface area contributed by atoms with E-state index in [4.69, 9.17) is 4.74 Å². The first kappa shape index (κ1) is 14.3. The van der Waals surface area contributed by atoms with Gasteiger partial charge in [-0.15, -0.1) is 0 Å². The van der Waals surface area contributed by atoms with Crippen molar-refractivity contribution in [2.45, 2.75) is 19.8 Å². The number of carbonyl (C=O) groups excluding carboxylic acids is 1. The van der Waals surface area contributed by atoms with E-state index in [0.717, 1.165) is 41.8 Å². The van der Waals surface area contributed by atoms with Gasteiger partial charge in [0.2, 0.25) is 5.91 Å². The molecule has 1 aromatic carbocycles. The first-order valence-electron chi connectivity index (χ1n) is 6.41. The molecular weight excluding hydrogens is 308 g/mol. The Hall–Kier alpha value is -1.07. The smallest absolute Gasteiger partial charge is 0.231 e. The number of methoxy groups -OCH3 is 1. The molecule has 0 spiro atoms. The van der Waals surface area contributed by atoms with Crippen LogP contribution in [-0.4, -0.2) is 26.1 Å². The lowest BCUT2D eigenvalue weighted by Crippen LogP contribution is -2.46. The maximum atomic E-state index is 12.4. The van der Waals surface area contributed by atoms with Crippen molar-refractivity contribution in [3.63, 3.8) is 0 Å². The highest BCUT2D eigenvalue weighted by Crippen LogP contribution is 2.30. The Labute approximate surface area is 122 Å². The molecule has 1 unspecified atom stereocenters. The van der Waals surface area contributed by atoms with Crippen LogP contribution in [0.25, 0.3) is 0 Å². The minimum atomic E-state index is -0.329. The molecule has 1 heterocycles. The Kier molecular flexibility index (Phi) is 4.47. The summed E-state index contributed by atoms with van der Waals surface area (Å²) in [6.07, 6.45) is 1.96. The van der Waals surface area contributed by atoms with Crippen LogP contribution in [0.3, 0.4) is 0 Å². The molecule has 2 rings (SSSR count). The first-order valence-corrected chi connectivity index (χ1v) is 7.20. The molecule has 1 aliphatic rings. The fourth-order valence-corrected chi connectivity index (χ4v) is 2.82. The van der Waals surface area contributed by atoms with E-state index in [-0.39, 0.29) is 11.3 Å². The first-order chi connectivity index (χ1) is 9.05. The molecule has 0 aromatic heterocycles. The van der Waals surface area contributed by atoms with E-state index in [1.54, 1.807) is 7.11 Å². The summed E-state index contributed by atoms with van der Waals surface area (Å²) >= 11 is 3.42. The zero-order valence-corrected chi connectivity index (χ0v) is 12.8. The molecule has 1 atom stereocenters. The highest BCUT2D eigenvalue weighted by Gasteiger charge is 2.34. The molecule has 0 saturated carbocycles. The molecular formula is C14H19BrN2O2. The predicted octanol–water partition coefficient (Wildman–Crippen LogP) is 2.79. The summed E-state index contributed by atoms with van der Waals surface area (Å²) in [6.45, 7) is 3.74. The Morgan fingerprint density at radius 1 is 1.53 bits per heavy atom. The summed E-state index contributed by atoms with van der Waals surface area (Å²) in [5.41, 5.74) is 0.453. The van der Waals surface area contributed by atoms with E-state index >= 15 is 0 Å². The third-order valence-corrected chi connectivity index (χ3v) is 4.17. The number of halogens is 1. The maximum absolute atomic E-state index is 12.4. The molecule has 1 fully saturated rings. The lowest BCUT2D eigenvalue weighted by molar-refractivity contribution is -0.125. The van der Waals surface area contributed by atoms with Gasteiger partial charge in [0, 0.05) is 12.2 Å². The van der Waals surface area contributed by atoms with Crippen molar-refractivity contribution >= 4 is 27.5 Å². The number of ether oxygens (including phenoxy) is 1. The van der Waals surface area contributed by atoms with Crippen molar-refractivity contribution in [2.24, 2.45) is 5.41 Å². The van der Waals surface area contributed by atoms with Gasteiger partial charge in [0.15, 0.2) is 0 Å². The third-order valence-electron chi connectivity index (χ3n) is 3.56. The average molecular weight is 327 g/mol.